The Hall–Kier alpha value is -1.12. The topological polar surface area (TPSA) is 40.5 Å². The van der Waals surface area contributed by atoms with E-state index < -0.39 is 6.10 Å². The van der Waals surface area contributed by atoms with Crippen molar-refractivity contribution in [2.24, 2.45) is 0 Å². The zero-order valence-electron chi connectivity index (χ0n) is 8.30. The van der Waals surface area contributed by atoms with Crippen molar-refractivity contribution in [1.29, 1.82) is 0 Å². The van der Waals surface area contributed by atoms with Crippen LogP contribution in [0.25, 0.3) is 0 Å². The van der Waals surface area contributed by atoms with E-state index in [9.17, 15) is 5.11 Å². The van der Waals surface area contributed by atoms with Crippen molar-refractivity contribution in [3.63, 3.8) is 0 Å². The summed E-state index contributed by atoms with van der Waals surface area (Å²) >= 11 is 0. The lowest BCUT2D eigenvalue weighted by Gasteiger charge is -2.05. The van der Waals surface area contributed by atoms with Gasteiger partial charge in [0.2, 0.25) is 0 Å². The van der Waals surface area contributed by atoms with E-state index in [1.807, 2.05) is 30.3 Å². The van der Waals surface area contributed by atoms with E-state index in [0.717, 1.165) is 5.56 Å². The van der Waals surface area contributed by atoms with E-state index in [1.54, 1.807) is 19.1 Å². The number of aliphatic hydroxyl groups is 2. The zero-order chi connectivity index (χ0) is 10.4. The number of hydrogen-bond acceptors (Lipinski definition) is 2. The highest BCUT2D eigenvalue weighted by Gasteiger charge is 2.00. The molecule has 76 valence electrons. The van der Waals surface area contributed by atoms with E-state index in [2.05, 4.69) is 0 Å². The molecule has 2 nitrogen and oxygen atoms in total. The van der Waals surface area contributed by atoms with Crippen molar-refractivity contribution in [2.75, 3.05) is 0 Å². The molecule has 0 radical (unpaired) electrons. The third-order valence-corrected chi connectivity index (χ3v) is 1.94. The number of hydrogen-bond donors (Lipinski definition) is 2. The Morgan fingerprint density at radius 2 is 1.86 bits per heavy atom. The van der Waals surface area contributed by atoms with Crippen molar-refractivity contribution in [2.45, 2.75) is 25.6 Å². The lowest BCUT2D eigenvalue weighted by Crippen LogP contribution is -1.97. The van der Waals surface area contributed by atoms with Gasteiger partial charge < -0.3 is 10.2 Å². The Labute approximate surface area is 84.5 Å². The van der Waals surface area contributed by atoms with Gasteiger partial charge in [-0.2, -0.15) is 0 Å². The first-order valence-electron chi connectivity index (χ1n) is 4.78. The van der Waals surface area contributed by atoms with Crippen molar-refractivity contribution in [3.8, 4) is 0 Å². The summed E-state index contributed by atoms with van der Waals surface area (Å²) in [6, 6.07) is 9.44. The fraction of sp³-hybridized carbons (Fsp3) is 0.333. The summed E-state index contributed by atoms with van der Waals surface area (Å²) in [5, 5.41) is 18.7. The number of aliphatic hydroxyl groups excluding tert-OH is 2. The van der Waals surface area contributed by atoms with Crippen LogP contribution in [0, 0.1) is 0 Å². The summed E-state index contributed by atoms with van der Waals surface area (Å²) in [7, 11) is 0. The minimum Gasteiger partial charge on any atom is -0.393 e. The maximum atomic E-state index is 9.66. The maximum absolute atomic E-state index is 9.66. The summed E-state index contributed by atoms with van der Waals surface area (Å²) in [6.07, 6.45) is 3.14. The third kappa shape index (κ3) is 3.73. The van der Waals surface area contributed by atoms with E-state index >= 15 is 0 Å². The monoisotopic (exact) mass is 192 g/mol. The molecular weight excluding hydrogens is 176 g/mol. The first-order chi connectivity index (χ1) is 6.70. The van der Waals surface area contributed by atoms with Crippen molar-refractivity contribution in [3.05, 3.63) is 48.0 Å². The van der Waals surface area contributed by atoms with Gasteiger partial charge in [-0.1, -0.05) is 42.5 Å². The predicted octanol–water partition coefficient (Wildman–Crippen LogP) is 2.05. The Morgan fingerprint density at radius 3 is 2.43 bits per heavy atom. The largest absolute Gasteiger partial charge is 0.393 e. The summed E-state index contributed by atoms with van der Waals surface area (Å²) in [4.78, 5) is 0. The van der Waals surface area contributed by atoms with Gasteiger partial charge in [-0.3, -0.25) is 0 Å². The molecule has 0 spiro atoms. The molecule has 2 atom stereocenters. The van der Waals surface area contributed by atoms with E-state index in [1.165, 1.54) is 0 Å². The SMILES string of the molecule is C[C@@H](O)C/C=C/[C@@H](O)c1ccccc1. The van der Waals surface area contributed by atoms with E-state index in [0.29, 0.717) is 6.42 Å². The standard InChI is InChI=1S/C12H16O2/c1-10(13)6-5-9-12(14)11-7-3-2-4-8-11/h2-5,7-10,12-14H,6H2,1H3/b9-5+/t10-,12-/m1/s1. The predicted molar refractivity (Wildman–Crippen MR) is 56.8 cm³/mol. The van der Waals surface area contributed by atoms with Gasteiger partial charge >= 0.3 is 0 Å². The van der Waals surface area contributed by atoms with Gasteiger partial charge in [0, 0.05) is 0 Å². The molecule has 0 aliphatic rings. The maximum Gasteiger partial charge on any atom is 0.0971 e. The van der Waals surface area contributed by atoms with Gasteiger partial charge in [0.25, 0.3) is 0 Å². The van der Waals surface area contributed by atoms with E-state index in [-0.39, 0.29) is 6.10 Å². The average Bonchev–Trinajstić information content (AvgIpc) is 2.18. The van der Waals surface area contributed by atoms with Gasteiger partial charge in [0.15, 0.2) is 0 Å². The van der Waals surface area contributed by atoms with Gasteiger partial charge in [-0.25, -0.2) is 0 Å². The lowest BCUT2D eigenvalue weighted by atomic mass is 10.1. The number of rotatable bonds is 4. The molecule has 1 rings (SSSR count). The fourth-order valence-electron chi connectivity index (χ4n) is 1.17. The first kappa shape index (κ1) is 11.0. The van der Waals surface area contributed by atoms with Gasteiger partial charge in [0.05, 0.1) is 12.2 Å². The summed E-state index contributed by atoms with van der Waals surface area (Å²) < 4.78 is 0. The molecule has 1 aromatic carbocycles. The molecule has 1 aromatic rings. The van der Waals surface area contributed by atoms with Crippen LogP contribution >= 0.6 is 0 Å². The van der Waals surface area contributed by atoms with Crippen LogP contribution in [0.3, 0.4) is 0 Å². The molecule has 0 aromatic heterocycles. The van der Waals surface area contributed by atoms with Crippen LogP contribution in [-0.4, -0.2) is 16.3 Å². The van der Waals surface area contributed by atoms with Crippen LogP contribution < -0.4 is 0 Å². The van der Waals surface area contributed by atoms with Gasteiger partial charge in [-0.05, 0) is 18.9 Å². The summed E-state index contributed by atoms with van der Waals surface area (Å²) in [6.45, 7) is 1.72. The molecule has 0 saturated heterocycles. The molecule has 0 unspecified atom stereocenters. The zero-order valence-corrected chi connectivity index (χ0v) is 8.30. The van der Waals surface area contributed by atoms with Gasteiger partial charge in [0.1, 0.15) is 0 Å². The smallest absolute Gasteiger partial charge is 0.0971 e. The van der Waals surface area contributed by atoms with Crippen LogP contribution in [0.15, 0.2) is 42.5 Å². The van der Waals surface area contributed by atoms with Crippen LogP contribution in [0.4, 0.5) is 0 Å². The Kier molecular flexibility index (Phi) is 4.36. The Morgan fingerprint density at radius 1 is 1.21 bits per heavy atom. The Balaban J connectivity index is 2.50. The highest BCUT2D eigenvalue weighted by molar-refractivity contribution is 5.20. The van der Waals surface area contributed by atoms with Crippen LogP contribution in [0.1, 0.15) is 25.0 Å². The Bertz CT molecular complexity index is 278. The molecule has 14 heavy (non-hydrogen) atoms. The van der Waals surface area contributed by atoms with Crippen molar-refractivity contribution < 1.29 is 10.2 Å². The highest BCUT2D eigenvalue weighted by Crippen LogP contribution is 2.13. The molecule has 2 N–H and O–H groups in total. The molecule has 0 aliphatic heterocycles. The summed E-state index contributed by atoms with van der Waals surface area (Å²) in [5.41, 5.74) is 0.870. The third-order valence-electron chi connectivity index (χ3n) is 1.94. The molecule has 2 heteroatoms. The molecule has 0 bridgehead atoms. The minimum absolute atomic E-state index is 0.353. The second-order valence-corrected chi connectivity index (χ2v) is 3.37. The first-order valence-corrected chi connectivity index (χ1v) is 4.78. The molecule has 0 fully saturated rings. The molecule has 0 saturated carbocycles. The second-order valence-electron chi connectivity index (χ2n) is 3.37. The van der Waals surface area contributed by atoms with Crippen LogP contribution in [-0.2, 0) is 0 Å². The highest BCUT2D eigenvalue weighted by atomic mass is 16.3. The quantitative estimate of drug-likeness (QED) is 0.717. The average molecular weight is 192 g/mol. The molecule has 0 amide bonds. The second kappa shape index (κ2) is 5.58. The summed E-state index contributed by atoms with van der Waals surface area (Å²) in [5.74, 6) is 0. The molecular formula is C12H16O2. The molecule has 0 aliphatic carbocycles. The lowest BCUT2D eigenvalue weighted by molar-refractivity contribution is 0.196. The van der Waals surface area contributed by atoms with Gasteiger partial charge in [-0.15, -0.1) is 0 Å². The van der Waals surface area contributed by atoms with E-state index in [4.69, 9.17) is 5.11 Å². The molecule has 0 heterocycles. The van der Waals surface area contributed by atoms with Crippen molar-refractivity contribution >= 4 is 0 Å². The number of benzene rings is 1. The minimum atomic E-state index is -0.574. The van der Waals surface area contributed by atoms with Crippen molar-refractivity contribution in [1.82, 2.24) is 0 Å². The fourth-order valence-corrected chi connectivity index (χ4v) is 1.17. The van der Waals surface area contributed by atoms with Crippen LogP contribution in [0.2, 0.25) is 0 Å². The van der Waals surface area contributed by atoms with Crippen LogP contribution in [0.5, 0.6) is 0 Å². The normalized spacial score (nSPS) is 15.6.